The molecule has 3 nitrogen and oxygen atoms in total. The fourth-order valence-electron chi connectivity index (χ4n) is 2.70. The summed E-state index contributed by atoms with van der Waals surface area (Å²) in [6, 6.07) is 2.61. The van der Waals surface area contributed by atoms with Crippen LogP contribution in [0.25, 0.3) is 0 Å². The molecule has 20 heavy (non-hydrogen) atoms. The van der Waals surface area contributed by atoms with Crippen LogP contribution in [0.3, 0.4) is 0 Å². The molecule has 1 N–H and O–H groups in total. The molecule has 4 heteroatoms. The third-order valence-electron chi connectivity index (χ3n) is 3.90. The van der Waals surface area contributed by atoms with Gasteiger partial charge < -0.3 is 9.84 Å². The Bertz CT molecular complexity index is 491. The van der Waals surface area contributed by atoms with Crippen LogP contribution >= 0.6 is 0 Å². The van der Waals surface area contributed by atoms with E-state index in [1.807, 2.05) is 13.8 Å². The van der Waals surface area contributed by atoms with Crippen molar-refractivity contribution in [1.29, 1.82) is 0 Å². The second-order valence-electron chi connectivity index (χ2n) is 5.79. The van der Waals surface area contributed by atoms with Gasteiger partial charge in [-0.2, -0.15) is 0 Å². The van der Waals surface area contributed by atoms with E-state index in [1.54, 1.807) is 0 Å². The van der Waals surface area contributed by atoms with Crippen molar-refractivity contribution in [2.24, 2.45) is 5.92 Å². The Morgan fingerprint density at radius 2 is 2.05 bits per heavy atom. The van der Waals surface area contributed by atoms with Gasteiger partial charge in [-0.1, -0.05) is 26.7 Å². The summed E-state index contributed by atoms with van der Waals surface area (Å²) in [4.78, 5) is 11.0. The molecule has 1 aliphatic carbocycles. The molecule has 1 saturated carbocycles. The highest BCUT2D eigenvalue weighted by molar-refractivity contribution is 5.88. The second-order valence-corrected chi connectivity index (χ2v) is 5.79. The zero-order valence-electron chi connectivity index (χ0n) is 12.0. The van der Waals surface area contributed by atoms with E-state index >= 15 is 0 Å². The quantitative estimate of drug-likeness (QED) is 0.878. The van der Waals surface area contributed by atoms with Crippen molar-refractivity contribution in [2.45, 2.75) is 45.4 Å². The standard InChI is InChI=1S/C16H21FO3/c1-10(2)12-7-13(16(18)19)14(17)8-15(12)20-9-11-5-3-4-6-11/h7-8,10-11H,3-6,9H2,1-2H3,(H,18,19). The molecule has 0 atom stereocenters. The largest absolute Gasteiger partial charge is 0.493 e. The fraction of sp³-hybridized carbons (Fsp3) is 0.562. The Balaban J connectivity index is 2.21. The van der Waals surface area contributed by atoms with E-state index in [0.29, 0.717) is 18.3 Å². The van der Waals surface area contributed by atoms with E-state index in [0.717, 1.165) is 18.4 Å². The normalized spacial score (nSPS) is 15.8. The minimum absolute atomic E-state index is 0.0901. The van der Waals surface area contributed by atoms with Gasteiger partial charge in [0.05, 0.1) is 12.2 Å². The summed E-state index contributed by atoms with van der Waals surface area (Å²) in [7, 11) is 0. The molecule has 2 rings (SSSR count). The van der Waals surface area contributed by atoms with E-state index in [-0.39, 0.29) is 11.5 Å². The molecule has 0 aromatic heterocycles. The van der Waals surface area contributed by atoms with E-state index in [9.17, 15) is 9.18 Å². The number of halogens is 1. The van der Waals surface area contributed by atoms with Gasteiger partial charge in [0.15, 0.2) is 0 Å². The monoisotopic (exact) mass is 280 g/mol. The zero-order chi connectivity index (χ0) is 14.7. The van der Waals surface area contributed by atoms with Gasteiger partial charge in [0, 0.05) is 6.07 Å². The summed E-state index contributed by atoms with van der Waals surface area (Å²) in [5.41, 5.74) is 0.462. The lowest BCUT2D eigenvalue weighted by Crippen LogP contribution is -2.11. The molecule has 1 aromatic carbocycles. The van der Waals surface area contributed by atoms with Crippen molar-refractivity contribution in [3.05, 3.63) is 29.1 Å². The molecule has 0 spiro atoms. The number of hydrogen-bond acceptors (Lipinski definition) is 2. The van der Waals surface area contributed by atoms with Crippen LogP contribution in [0.15, 0.2) is 12.1 Å². The van der Waals surface area contributed by atoms with E-state index in [2.05, 4.69) is 0 Å². The predicted molar refractivity (Wildman–Crippen MR) is 74.9 cm³/mol. The van der Waals surface area contributed by atoms with Crippen molar-refractivity contribution >= 4 is 5.97 Å². The molecule has 1 aliphatic rings. The Morgan fingerprint density at radius 3 is 2.60 bits per heavy atom. The van der Waals surface area contributed by atoms with Crippen molar-refractivity contribution < 1.29 is 19.0 Å². The number of carboxylic acid groups (broad SMARTS) is 1. The lowest BCUT2D eigenvalue weighted by atomic mass is 9.99. The minimum Gasteiger partial charge on any atom is -0.493 e. The first-order valence-corrected chi connectivity index (χ1v) is 7.18. The highest BCUT2D eigenvalue weighted by Crippen LogP contribution is 2.31. The first kappa shape index (κ1) is 14.8. The molecule has 0 heterocycles. The summed E-state index contributed by atoms with van der Waals surface area (Å²) in [5, 5.41) is 8.98. The highest BCUT2D eigenvalue weighted by Gasteiger charge is 2.20. The third kappa shape index (κ3) is 3.30. The summed E-state index contributed by atoms with van der Waals surface area (Å²) < 4.78 is 19.5. The average Bonchev–Trinajstić information content (AvgIpc) is 2.88. The summed E-state index contributed by atoms with van der Waals surface area (Å²) in [6.07, 6.45) is 4.79. The molecule has 0 aliphatic heterocycles. The highest BCUT2D eigenvalue weighted by atomic mass is 19.1. The van der Waals surface area contributed by atoms with Crippen LogP contribution in [0.1, 0.15) is 61.4 Å². The van der Waals surface area contributed by atoms with Crippen LogP contribution in [0, 0.1) is 11.7 Å². The van der Waals surface area contributed by atoms with E-state index < -0.39 is 11.8 Å². The van der Waals surface area contributed by atoms with Crippen molar-refractivity contribution in [1.82, 2.24) is 0 Å². The van der Waals surface area contributed by atoms with Gasteiger partial charge in [0.1, 0.15) is 11.6 Å². The molecular formula is C16H21FO3. The van der Waals surface area contributed by atoms with Crippen LogP contribution in [0.4, 0.5) is 4.39 Å². The molecule has 1 aromatic rings. The maximum Gasteiger partial charge on any atom is 0.338 e. The van der Waals surface area contributed by atoms with Crippen LogP contribution < -0.4 is 4.74 Å². The molecule has 1 fully saturated rings. The number of aromatic carboxylic acids is 1. The maximum atomic E-state index is 13.8. The number of carbonyl (C=O) groups is 1. The lowest BCUT2D eigenvalue weighted by Gasteiger charge is -2.17. The van der Waals surface area contributed by atoms with Gasteiger partial charge in [-0.05, 0) is 36.3 Å². The summed E-state index contributed by atoms with van der Waals surface area (Å²) in [6.45, 7) is 4.48. The van der Waals surface area contributed by atoms with Crippen LogP contribution in [0.5, 0.6) is 5.75 Å². The first-order chi connectivity index (χ1) is 9.49. The number of rotatable bonds is 5. The molecule has 0 amide bonds. The maximum absolute atomic E-state index is 13.8. The van der Waals surface area contributed by atoms with Gasteiger partial charge in [-0.15, -0.1) is 0 Å². The van der Waals surface area contributed by atoms with Crippen LogP contribution in [-0.4, -0.2) is 17.7 Å². The predicted octanol–water partition coefficient (Wildman–Crippen LogP) is 4.22. The van der Waals surface area contributed by atoms with Crippen molar-refractivity contribution in [3.8, 4) is 5.75 Å². The Morgan fingerprint density at radius 1 is 1.40 bits per heavy atom. The lowest BCUT2D eigenvalue weighted by molar-refractivity contribution is 0.0691. The Hall–Kier alpha value is -1.58. The van der Waals surface area contributed by atoms with Crippen LogP contribution in [0.2, 0.25) is 0 Å². The Kier molecular flexibility index (Phi) is 4.63. The van der Waals surface area contributed by atoms with Crippen molar-refractivity contribution in [3.63, 3.8) is 0 Å². The molecule has 0 saturated heterocycles. The molecule has 110 valence electrons. The molecule has 0 unspecified atom stereocenters. The molecular weight excluding hydrogens is 259 g/mol. The Labute approximate surface area is 118 Å². The topological polar surface area (TPSA) is 46.5 Å². The van der Waals surface area contributed by atoms with E-state index in [1.165, 1.54) is 25.0 Å². The zero-order valence-corrected chi connectivity index (χ0v) is 12.0. The van der Waals surface area contributed by atoms with Gasteiger partial charge in [0.2, 0.25) is 0 Å². The number of ether oxygens (including phenoxy) is 1. The minimum atomic E-state index is -1.24. The van der Waals surface area contributed by atoms with Gasteiger partial charge in [-0.3, -0.25) is 0 Å². The van der Waals surface area contributed by atoms with Crippen molar-refractivity contribution in [2.75, 3.05) is 6.61 Å². The number of carboxylic acids is 1. The number of benzene rings is 1. The average molecular weight is 280 g/mol. The molecule has 0 radical (unpaired) electrons. The van der Waals surface area contributed by atoms with Gasteiger partial charge in [0.25, 0.3) is 0 Å². The third-order valence-corrected chi connectivity index (χ3v) is 3.90. The SMILES string of the molecule is CC(C)c1cc(C(=O)O)c(F)cc1OCC1CCCC1. The van der Waals surface area contributed by atoms with E-state index in [4.69, 9.17) is 9.84 Å². The van der Waals surface area contributed by atoms with Gasteiger partial charge >= 0.3 is 5.97 Å². The second kappa shape index (κ2) is 6.25. The van der Waals surface area contributed by atoms with Crippen LogP contribution in [-0.2, 0) is 0 Å². The van der Waals surface area contributed by atoms with Gasteiger partial charge in [-0.25, -0.2) is 9.18 Å². The summed E-state index contributed by atoms with van der Waals surface area (Å²) in [5.74, 6) is -0.867. The molecule has 0 bridgehead atoms. The summed E-state index contributed by atoms with van der Waals surface area (Å²) >= 11 is 0. The fourth-order valence-corrected chi connectivity index (χ4v) is 2.70. The smallest absolute Gasteiger partial charge is 0.338 e. The first-order valence-electron chi connectivity index (χ1n) is 7.18. The number of hydrogen-bond donors (Lipinski definition) is 1.